The fourth-order valence-electron chi connectivity index (χ4n) is 2.13. The standard InChI is InChI=1S/C18H20N2O2/c1-2-20(14-16-11-7-4-8-12-16)18(22)17(21)19-13-15-9-5-3-6-10-15/h3-12H,2,13-14H2,1H3,(H,19,21). The number of nitrogens with one attached hydrogen (secondary N) is 1. The molecule has 0 bridgehead atoms. The summed E-state index contributed by atoms with van der Waals surface area (Å²) >= 11 is 0. The van der Waals surface area contributed by atoms with Gasteiger partial charge in [-0.3, -0.25) is 9.59 Å². The molecule has 0 atom stereocenters. The summed E-state index contributed by atoms with van der Waals surface area (Å²) in [5.41, 5.74) is 1.98. The van der Waals surface area contributed by atoms with Gasteiger partial charge in [0.15, 0.2) is 0 Å². The van der Waals surface area contributed by atoms with Crippen LogP contribution < -0.4 is 5.32 Å². The zero-order valence-corrected chi connectivity index (χ0v) is 12.7. The predicted molar refractivity (Wildman–Crippen MR) is 85.8 cm³/mol. The maximum absolute atomic E-state index is 12.2. The zero-order valence-electron chi connectivity index (χ0n) is 12.7. The van der Waals surface area contributed by atoms with Crippen molar-refractivity contribution in [2.75, 3.05) is 6.54 Å². The van der Waals surface area contributed by atoms with Crippen LogP contribution in [0.3, 0.4) is 0 Å². The average molecular weight is 296 g/mol. The SMILES string of the molecule is CCN(Cc1ccccc1)C(=O)C(=O)NCc1ccccc1. The number of nitrogens with zero attached hydrogens (tertiary/aromatic N) is 1. The van der Waals surface area contributed by atoms with E-state index in [0.29, 0.717) is 19.6 Å². The van der Waals surface area contributed by atoms with E-state index in [-0.39, 0.29) is 0 Å². The summed E-state index contributed by atoms with van der Waals surface area (Å²) in [4.78, 5) is 25.8. The Labute approximate surface area is 130 Å². The number of rotatable bonds is 5. The Morgan fingerprint density at radius 1 is 0.909 bits per heavy atom. The molecule has 114 valence electrons. The minimum Gasteiger partial charge on any atom is -0.344 e. The van der Waals surface area contributed by atoms with Gasteiger partial charge in [-0.1, -0.05) is 60.7 Å². The Morgan fingerprint density at radius 3 is 2.00 bits per heavy atom. The highest BCUT2D eigenvalue weighted by Gasteiger charge is 2.20. The van der Waals surface area contributed by atoms with E-state index >= 15 is 0 Å². The first-order chi connectivity index (χ1) is 10.7. The molecule has 2 aromatic rings. The van der Waals surface area contributed by atoms with E-state index < -0.39 is 11.8 Å². The first-order valence-electron chi connectivity index (χ1n) is 7.35. The largest absolute Gasteiger partial charge is 0.344 e. The number of carbonyl (C=O) groups excluding carboxylic acids is 2. The van der Waals surface area contributed by atoms with Gasteiger partial charge in [-0.05, 0) is 18.1 Å². The molecule has 0 aliphatic carbocycles. The van der Waals surface area contributed by atoms with E-state index in [4.69, 9.17) is 0 Å². The molecule has 22 heavy (non-hydrogen) atoms. The van der Waals surface area contributed by atoms with Gasteiger partial charge in [-0.15, -0.1) is 0 Å². The monoisotopic (exact) mass is 296 g/mol. The van der Waals surface area contributed by atoms with Crippen molar-refractivity contribution in [2.45, 2.75) is 20.0 Å². The smallest absolute Gasteiger partial charge is 0.312 e. The van der Waals surface area contributed by atoms with Gasteiger partial charge >= 0.3 is 11.8 Å². The number of likely N-dealkylation sites (N-methyl/N-ethyl adjacent to an activating group) is 1. The van der Waals surface area contributed by atoms with Crippen molar-refractivity contribution in [3.05, 3.63) is 71.8 Å². The number of amides is 2. The van der Waals surface area contributed by atoms with E-state index in [0.717, 1.165) is 11.1 Å². The molecule has 0 aliphatic rings. The Bertz CT molecular complexity index is 611. The van der Waals surface area contributed by atoms with Crippen molar-refractivity contribution in [2.24, 2.45) is 0 Å². The fraction of sp³-hybridized carbons (Fsp3) is 0.222. The highest BCUT2D eigenvalue weighted by Crippen LogP contribution is 2.05. The maximum Gasteiger partial charge on any atom is 0.312 e. The molecular formula is C18H20N2O2. The number of carbonyl (C=O) groups is 2. The Balaban J connectivity index is 1.91. The molecule has 0 aromatic heterocycles. The molecule has 0 spiro atoms. The van der Waals surface area contributed by atoms with Gasteiger partial charge < -0.3 is 10.2 Å². The summed E-state index contributed by atoms with van der Waals surface area (Å²) in [6, 6.07) is 19.2. The molecule has 0 fully saturated rings. The van der Waals surface area contributed by atoms with Crippen LogP contribution in [0.4, 0.5) is 0 Å². The first-order valence-corrected chi connectivity index (χ1v) is 7.35. The van der Waals surface area contributed by atoms with Crippen LogP contribution in [0, 0.1) is 0 Å². The second kappa shape index (κ2) is 7.98. The van der Waals surface area contributed by atoms with E-state index in [9.17, 15) is 9.59 Å². The lowest BCUT2D eigenvalue weighted by molar-refractivity contribution is -0.146. The minimum absolute atomic E-state index is 0.355. The van der Waals surface area contributed by atoms with Gasteiger partial charge in [-0.2, -0.15) is 0 Å². The third-order valence-corrected chi connectivity index (χ3v) is 3.38. The lowest BCUT2D eigenvalue weighted by Crippen LogP contribution is -2.42. The van der Waals surface area contributed by atoms with Crippen LogP contribution in [0.25, 0.3) is 0 Å². The van der Waals surface area contributed by atoms with Crippen LogP contribution in [0.1, 0.15) is 18.1 Å². The van der Waals surface area contributed by atoms with Crippen LogP contribution in [-0.4, -0.2) is 23.3 Å². The van der Waals surface area contributed by atoms with Crippen molar-refractivity contribution in [1.82, 2.24) is 10.2 Å². The molecule has 0 heterocycles. The Kier molecular flexibility index (Phi) is 5.72. The topological polar surface area (TPSA) is 49.4 Å². The Hall–Kier alpha value is -2.62. The molecule has 1 N–H and O–H groups in total. The van der Waals surface area contributed by atoms with Crippen LogP contribution in [-0.2, 0) is 22.7 Å². The molecule has 0 radical (unpaired) electrons. The lowest BCUT2D eigenvalue weighted by atomic mass is 10.2. The minimum atomic E-state index is -0.568. The second-order valence-corrected chi connectivity index (χ2v) is 4.97. The Morgan fingerprint density at radius 2 is 1.45 bits per heavy atom. The summed E-state index contributed by atoms with van der Waals surface area (Å²) in [5, 5.41) is 2.67. The first kappa shape index (κ1) is 15.8. The van der Waals surface area contributed by atoms with Gasteiger partial charge in [0.2, 0.25) is 0 Å². The third-order valence-electron chi connectivity index (χ3n) is 3.38. The lowest BCUT2D eigenvalue weighted by Gasteiger charge is -2.20. The molecule has 0 saturated heterocycles. The van der Waals surface area contributed by atoms with Crippen LogP contribution >= 0.6 is 0 Å². The molecule has 2 aromatic carbocycles. The van der Waals surface area contributed by atoms with Crippen LogP contribution in [0.15, 0.2) is 60.7 Å². The van der Waals surface area contributed by atoms with Gasteiger partial charge in [0.1, 0.15) is 0 Å². The molecule has 0 aliphatic heterocycles. The van der Waals surface area contributed by atoms with Gasteiger partial charge in [0.25, 0.3) is 0 Å². The highest BCUT2D eigenvalue weighted by atomic mass is 16.2. The molecular weight excluding hydrogens is 276 g/mol. The zero-order chi connectivity index (χ0) is 15.8. The molecule has 2 rings (SSSR count). The van der Waals surface area contributed by atoms with Crippen molar-refractivity contribution < 1.29 is 9.59 Å². The maximum atomic E-state index is 12.2. The number of hydrogen-bond acceptors (Lipinski definition) is 2. The summed E-state index contributed by atoms with van der Waals surface area (Å²) in [5.74, 6) is -1.07. The summed E-state index contributed by atoms with van der Waals surface area (Å²) in [6.45, 7) is 3.15. The second-order valence-electron chi connectivity index (χ2n) is 4.97. The van der Waals surface area contributed by atoms with Crippen molar-refractivity contribution in [1.29, 1.82) is 0 Å². The van der Waals surface area contributed by atoms with Crippen LogP contribution in [0.5, 0.6) is 0 Å². The normalized spacial score (nSPS) is 10.0. The van der Waals surface area contributed by atoms with Gasteiger partial charge in [0.05, 0.1) is 0 Å². The number of hydrogen-bond donors (Lipinski definition) is 1. The van der Waals surface area contributed by atoms with E-state index in [1.807, 2.05) is 67.6 Å². The predicted octanol–water partition coefficient (Wildman–Crippen LogP) is 2.35. The van der Waals surface area contributed by atoms with Gasteiger partial charge in [0, 0.05) is 19.6 Å². The average Bonchev–Trinajstić information content (AvgIpc) is 2.58. The highest BCUT2D eigenvalue weighted by molar-refractivity contribution is 6.34. The third kappa shape index (κ3) is 4.45. The van der Waals surface area contributed by atoms with Crippen molar-refractivity contribution in [3.63, 3.8) is 0 Å². The molecule has 4 heteroatoms. The fourth-order valence-corrected chi connectivity index (χ4v) is 2.13. The summed E-state index contributed by atoms with van der Waals surface area (Å²) < 4.78 is 0. The van der Waals surface area contributed by atoms with Crippen molar-refractivity contribution in [3.8, 4) is 0 Å². The quantitative estimate of drug-likeness (QED) is 0.861. The molecule has 0 unspecified atom stereocenters. The van der Waals surface area contributed by atoms with Gasteiger partial charge in [-0.25, -0.2) is 0 Å². The number of benzene rings is 2. The molecule has 4 nitrogen and oxygen atoms in total. The van der Waals surface area contributed by atoms with E-state index in [1.165, 1.54) is 4.90 Å². The van der Waals surface area contributed by atoms with E-state index in [2.05, 4.69) is 5.32 Å². The summed E-state index contributed by atoms with van der Waals surface area (Å²) in [6.07, 6.45) is 0. The molecule has 2 amide bonds. The van der Waals surface area contributed by atoms with Crippen molar-refractivity contribution >= 4 is 11.8 Å². The van der Waals surface area contributed by atoms with Crippen LogP contribution in [0.2, 0.25) is 0 Å². The summed E-state index contributed by atoms with van der Waals surface area (Å²) in [7, 11) is 0. The molecule has 0 saturated carbocycles. The van der Waals surface area contributed by atoms with E-state index in [1.54, 1.807) is 0 Å².